The van der Waals surface area contributed by atoms with Crippen LogP contribution in [0.3, 0.4) is 0 Å². The second-order valence-corrected chi connectivity index (χ2v) is 4.33. The molecule has 0 N–H and O–H groups in total. The molecule has 0 fully saturated rings. The fraction of sp³-hybridized carbons (Fsp3) is 0.308. The second kappa shape index (κ2) is 7.62. The van der Waals surface area contributed by atoms with Crippen LogP contribution >= 0.6 is 11.6 Å². The number of ether oxygens (including phenoxy) is 1. The van der Waals surface area contributed by atoms with E-state index in [1.807, 2.05) is 0 Å². The predicted molar refractivity (Wildman–Crippen MR) is 76.1 cm³/mol. The van der Waals surface area contributed by atoms with Crippen LogP contribution in [0.2, 0.25) is 5.02 Å². The summed E-state index contributed by atoms with van der Waals surface area (Å²) in [5.74, 6) is -0.476. The molecule has 0 heterocycles. The molecule has 0 radical (unpaired) electrons. The number of hydrogen-bond acceptors (Lipinski definition) is 4. The topological polar surface area (TPSA) is 72.7 Å². The fourth-order valence-corrected chi connectivity index (χ4v) is 1.92. The molecule has 20 heavy (non-hydrogen) atoms. The van der Waals surface area contributed by atoms with Gasteiger partial charge in [-0.1, -0.05) is 23.7 Å². The Kier molecular flexibility index (Phi) is 6.14. The molecule has 108 valence electrons. The Labute approximate surface area is 121 Å². The highest BCUT2D eigenvalue weighted by Gasteiger charge is 2.26. The van der Waals surface area contributed by atoms with Crippen LogP contribution in [-0.4, -0.2) is 42.5 Å². The molecule has 0 saturated heterocycles. The summed E-state index contributed by atoms with van der Waals surface area (Å²) in [6, 6.07) is 4.27. The Morgan fingerprint density at radius 2 is 2.30 bits per heavy atom. The average molecular weight is 299 g/mol. The molecule has 7 heteroatoms. The molecular formula is C13H15ClN2O4. The number of carbonyl (C=O) groups excluding carboxylic acids is 1. The smallest absolute Gasteiger partial charge is 0.300 e. The predicted octanol–water partition coefficient (Wildman–Crippen LogP) is 2.52. The third-order valence-electron chi connectivity index (χ3n) is 2.60. The minimum atomic E-state index is -0.655. The summed E-state index contributed by atoms with van der Waals surface area (Å²) in [6.45, 7) is 4.47. The molecule has 1 rings (SSSR count). The van der Waals surface area contributed by atoms with E-state index in [9.17, 15) is 14.9 Å². The zero-order valence-electron chi connectivity index (χ0n) is 11.0. The molecule has 0 bridgehead atoms. The Balaban J connectivity index is 3.14. The molecule has 0 aliphatic carbocycles. The fourth-order valence-electron chi connectivity index (χ4n) is 1.68. The number of nitro groups is 1. The molecule has 0 atom stereocenters. The van der Waals surface area contributed by atoms with Gasteiger partial charge in [0, 0.05) is 20.2 Å². The minimum Gasteiger partial charge on any atom is -0.383 e. The van der Waals surface area contributed by atoms with Crippen molar-refractivity contribution < 1.29 is 14.5 Å². The summed E-state index contributed by atoms with van der Waals surface area (Å²) in [5, 5.41) is 11.0. The van der Waals surface area contributed by atoms with Gasteiger partial charge in [0.1, 0.15) is 10.6 Å². The summed E-state index contributed by atoms with van der Waals surface area (Å²) >= 11 is 5.80. The van der Waals surface area contributed by atoms with E-state index in [-0.39, 0.29) is 22.8 Å². The number of amides is 1. The van der Waals surface area contributed by atoms with Gasteiger partial charge in [0.2, 0.25) is 0 Å². The zero-order chi connectivity index (χ0) is 15.1. The summed E-state index contributed by atoms with van der Waals surface area (Å²) in [6.07, 6.45) is 1.55. The molecule has 0 aromatic heterocycles. The Hall–Kier alpha value is -1.92. The maximum Gasteiger partial charge on any atom is 0.300 e. The lowest BCUT2D eigenvalue weighted by Gasteiger charge is -2.20. The third kappa shape index (κ3) is 3.79. The van der Waals surface area contributed by atoms with Crippen LogP contribution in [0, 0.1) is 10.1 Å². The Bertz CT molecular complexity index is 519. The second-order valence-electron chi connectivity index (χ2n) is 3.93. The van der Waals surface area contributed by atoms with Crippen LogP contribution < -0.4 is 0 Å². The number of carbonyl (C=O) groups is 1. The monoisotopic (exact) mass is 298 g/mol. The zero-order valence-corrected chi connectivity index (χ0v) is 11.8. The van der Waals surface area contributed by atoms with Gasteiger partial charge >= 0.3 is 5.69 Å². The van der Waals surface area contributed by atoms with E-state index in [1.54, 1.807) is 6.08 Å². The van der Waals surface area contributed by atoms with Crippen molar-refractivity contribution in [2.75, 3.05) is 26.8 Å². The Morgan fingerprint density at radius 3 is 2.85 bits per heavy atom. The van der Waals surface area contributed by atoms with Crippen molar-refractivity contribution in [2.24, 2.45) is 0 Å². The Morgan fingerprint density at radius 1 is 1.60 bits per heavy atom. The SMILES string of the molecule is C=CCN(CCOC)C(=O)c1cccc(Cl)c1[N+](=O)[O-]. The molecule has 0 aliphatic heterocycles. The summed E-state index contributed by atoms with van der Waals surface area (Å²) in [7, 11) is 1.51. The van der Waals surface area contributed by atoms with Gasteiger partial charge in [-0.05, 0) is 12.1 Å². The average Bonchev–Trinajstić information content (AvgIpc) is 2.42. The summed E-state index contributed by atoms with van der Waals surface area (Å²) < 4.78 is 4.92. The number of hydrogen-bond donors (Lipinski definition) is 0. The lowest BCUT2D eigenvalue weighted by atomic mass is 10.1. The lowest BCUT2D eigenvalue weighted by molar-refractivity contribution is -0.385. The van der Waals surface area contributed by atoms with E-state index in [1.165, 1.54) is 30.2 Å². The van der Waals surface area contributed by atoms with Crippen molar-refractivity contribution in [1.29, 1.82) is 0 Å². The summed E-state index contributed by atoms with van der Waals surface area (Å²) in [4.78, 5) is 24.2. The molecule has 0 aliphatic rings. The number of nitrogens with zero attached hydrogens (tertiary/aromatic N) is 2. The van der Waals surface area contributed by atoms with Crippen molar-refractivity contribution >= 4 is 23.2 Å². The largest absolute Gasteiger partial charge is 0.383 e. The van der Waals surface area contributed by atoms with Gasteiger partial charge in [0.05, 0.1) is 11.5 Å². The number of methoxy groups -OCH3 is 1. The number of para-hydroxylation sites is 1. The molecule has 6 nitrogen and oxygen atoms in total. The van der Waals surface area contributed by atoms with E-state index in [2.05, 4.69) is 6.58 Å². The van der Waals surface area contributed by atoms with Gasteiger partial charge in [-0.25, -0.2) is 0 Å². The first-order valence-corrected chi connectivity index (χ1v) is 6.22. The highest BCUT2D eigenvalue weighted by Crippen LogP contribution is 2.29. The maximum absolute atomic E-state index is 12.4. The summed E-state index contributed by atoms with van der Waals surface area (Å²) in [5.41, 5.74) is -0.425. The number of benzene rings is 1. The van der Waals surface area contributed by atoms with Crippen molar-refractivity contribution in [3.05, 3.63) is 51.6 Å². The first-order chi connectivity index (χ1) is 9.52. The first kappa shape index (κ1) is 16.1. The molecule has 0 saturated carbocycles. The van der Waals surface area contributed by atoms with E-state index in [0.29, 0.717) is 13.2 Å². The molecule has 1 aromatic carbocycles. The van der Waals surface area contributed by atoms with Crippen molar-refractivity contribution in [3.63, 3.8) is 0 Å². The van der Waals surface area contributed by atoms with Gasteiger partial charge < -0.3 is 9.64 Å². The van der Waals surface area contributed by atoms with E-state index in [4.69, 9.17) is 16.3 Å². The molecule has 0 spiro atoms. The van der Waals surface area contributed by atoms with Crippen LogP contribution in [0.4, 0.5) is 5.69 Å². The van der Waals surface area contributed by atoms with Crippen LogP contribution in [-0.2, 0) is 4.74 Å². The maximum atomic E-state index is 12.4. The van der Waals surface area contributed by atoms with Crippen molar-refractivity contribution in [3.8, 4) is 0 Å². The quantitative estimate of drug-likeness (QED) is 0.440. The standard InChI is InChI=1S/C13H15ClN2O4/c1-3-7-15(8-9-20-2)13(17)10-5-4-6-11(14)12(10)16(18)19/h3-6H,1,7-9H2,2H3. The van der Waals surface area contributed by atoms with Gasteiger partial charge in [-0.3, -0.25) is 14.9 Å². The number of nitro benzene ring substituents is 1. The normalized spacial score (nSPS) is 10.1. The minimum absolute atomic E-state index is 0.0412. The molecule has 1 amide bonds. The molecular weight excluding hydrogens is 284 g/mol. The van der Waals surface area contributed by atoms with Gasteiger partial charge in [0.15, 0.2) is 0 Å². The van der Waals surface area contributed by atoms with Gasteiger partial charge in [-0.2, -0.15) is 0 Å². The van der Waals surface area contributed by atoms with E-state index in [0.717, 1.165) is 0 Å². The van der Waals surface area contributed by atoms with Crippen molar-refractivity contribution in [2.45, 2.75) is 0 Å². The van der Waals surface area contributed by atoms with E-state index < -0.39 is 10.8 Å². The van der Waals surface area contributed by atoms with Crippen LogP contribution in [0.1, 0.15) is 10.4 Å². The molecule has 1 aromatic rings. The third-order valence-corrected chi connectivity index (χ3v) is 2.91. The van der Waals surface area contributed by atoms with Gasteiger partial charge in [-0.15, -0.1) is 6.58 Å². The van der Waals surface area contributed by atoms with Gasteiger partial charge in [0.25, 0.3) is 5.91 Å². The van der Waals surface area contributed by atoms with Crippen LogP contribution in [0.15, 0.2) is 30.9 Å². The lowest BCUT2D eigenvalue weighted by Crippen LogP contribution is -2.34. The van der Waals surface area contributed by atoms with Crippen LogP contribution in [0.25, 0.3) is 0 Å². The number of halogens is 1. The van der Waals surface area contributed by atoms with E-state index >= 15 is 0 Å². The highest BCUT2D eigenvalue weighted by atomic mass is 35.5. The first-order valence-electron chi connectivity index (χ1n) is 5.85. The van der Waals surface area contributed by atoms with Crippen molar-refractivity contribution in [1.82, 2.24) is 4.90 Å². The van der Waals surface area contributed by atoms with Crippen LogP contribution in [0.5, 0.6) is 0 Å². The molecule has 0 unspecified atom stereocenters. The highest BCUT2D eigenvalue weighted by molar-refractivity contribution is 6.33. The number of rotatable bonds is 7.